The van der Waals surface area contributed by atoms with Gasteiger partial charge in [-0.1, -0.05) is 19.8 Å². The maximum absolute atomic E-state index is 5.72. The number of nitrogens with one attached hydrogen (secondary N) is 1. The Morgan fingerprint density at radius 1 is 1.45 bits per heavy atom. The van der Waals surface area contributed by atoms with E-state index in [1.807, 2.05) is 13.0 Å². The molecule has 2 rings (SSSR count). The summed E-state index contributed by atoms with van der Waals surface area (Å²) in [6.07, 6.45) is 5.30. The molecule has 1 aliphatic rings. The van der Waals surface area contributed by atoms with Crippen molar-refractivity contribution in [2.75, 3.05) is 20.6 Å². The predicted octanol–water partition coefficient (Wildman–Crippen LogP) is 3.75. The van der Waals surface area contributed by atoms with E-state index in [9.17, 15) is 0 Å². The largest absolute Gasteiger partial charge is 0.465 e. The molecule has 3 heteroatoms. The van der Waals surface area contributed by atoms with E-state index in [0.29, 0.717) is 5.54 Å². The first-order valence-corrected chi connectivity index (χ1v) is 7.90. The Bertz CT molecular complexity index is 426. The SMILES string of the molecule is Cc1ccc(C(C)NCC2(N(C)C)CCCC(C)C2)o1. The highest BCUT2D eigenvalue weighted by Crippen LogP contribution is 2.35. The number of hydrogen-bond acceptors (Lipinski definition) is 3. The van der Waals surface area contributed by atoms with Crippen LogP contribution in [0, 0.1) is 12.8 Å². The lowest BCUT2D eigenvalue weighted by atomic mass is 9.75. The molecule has 3 unspecified atom stereocenters. The van der Waals surface area contributed by atoms with E-state index in [4.69, 9.17) is 4.42 Å². The molecule has 1 fully saturated rings. The van der Waals surface area contributed by atoms with Crippen LogP contribution >= 0.6 is 0 Å². The molecule has 1 saturated carbocycles. The lowest BCUT2D eigenvalue weighted by Crippen LogP contribution is -2.54. The molecule has 0 aromatic carbocycles. The second-order valence-electron chi connectivity index (χ2n) is 6.87. The Morgan fingerprint density at radius 2 is 2.20 bits per heavy atom. The third-order valence-electron chi connectivity index (χ3n) is 4.94. The molecule has 1 heterocycles. The Hall–Kier alpha value is -0.800. The van der Waals surface area contributed by atoms with E-state index < -0.39 is 0 Å². The molecule has 3 atom stereocenters. The Morgan fingerprint density at radius 3 is 2.75 bits per heavy atom. The van der Waals surface area contributed by atoms with E-state index in [0.717, 1.165) is 24.0 Å². The maximum atomic E-state index is 5.72. The standard InChI is InChI=1S/C17H30N2O/c1-13-7-6-10-17(11-13,19(4)5)12-18-15(3)16-9-8-14(2)20-16/h8-9,13,15,18H,6-7,10-12H2,1-5H3. The van der Waals surface area contributed by atoms with Crippen LogP contribution in [0.25, 0.3) is 0 Å². The van der Waals surface area contributed by atoms with Crippen molar-refractivity contribution in [3.63, 3.8) is 0 Å². The van der Waals surface area contributed by atoms with Crippen molar-refractivity contribution in [2.24, 2.45) is 5.92 Å². The summed E-state index contributed by atoms with van der Waals surface area (Å²) in [5.41, 5.74) is 0.299. The van der Waals surface area contributed by atoms with E-state index >= 15 is 0 Å². The van der Waals surface area contributed by atoms with Gasteiger partial charge < -0.3 is 14.6 Å². The maximum Gasteiger partial charge on any atom is 0.120 e. The number of furan rings is 1. The first kappa shape index (κ1) is 15.6. The normalized spacial score (nSPS) is 28.8. The average molecular weight is 278 g/mol. The molecule has 1 N–H and O–H groups in total. The van der Waals surface area contributed by atoms with Gasteiger partial charge in [-0.05, 0) is 58.8 Å². The van der Waals surface area contributed by atoms with Crippen LogP contribution in [-0.4, -0.2) is 31.1 Å². The summed E-state index contributed by atoms with van der Waals surface area (Å²) in [4.78, 5) is 2.43. The summed E-state index contributed by atoms with van der Waals surface area (Å²) in [5.74, 6) is 2.86. The van der Waals surface area contributed by atoms with E-state index in [1.54, 1.807) is 0 Å². The zero-order valence-electron chi connectivity index (χ0n) is 13.7. The van der Waals surface area contributed by atoms with Gasteiger partial charge in [0.2, 0.25) is 0 Å². The lowest BCUT2D eigenvalue weighted by Gasteiger charge is -2.46. The highest BCUT2D eigenvalue weighted by molar-refractivity contribution is 5.09. The van der Waals surface area contributed by atoms with Crippen LogP contribution in [0.3, 0.4) is 0 Å². The Labute approximate surface area is 123 Å². The van der Waals surface area contributed by atoms with Crippen LogP contribution in [0.4, 0.5) is 0 Å². The van der Waals surface area contributed by atoms with Crippen molar-refractivity contribution in [3.8, 4) is 0 Å². The molecule has 1 aromatic rings. The van der Waals surface area contributed by atoms with Crippen molar-refractivity contribution in [1.82, 2.24) is 10.2 Å². The minimum atomic E-state index is 0.276. The highest BCUT2D eigenvalue weighted by Gasteiger charge is 2.37. The van der Waals surface area contributed by atoms with Gasteiger partial charge in [0.25, 0.3) is 0 Å². The second kappa shape index (κ2) is 6.31. The third kappa shape index (κ3) is 3.44. The van der Waals surface area contributed by atoms with E-state index in [2.05, 4.69) is 44.2 Å². The fourth-order valence-corrected chi connectivity index (χ4v) is 3.49. The molecule has 0 radical (unpaired) electrons. The smallest absolute Gasteiger partial charge is 0.120 e. The molecule has 20 heavy (non-hydrogen) atoms. The molecule has 0 amide bonds. The summed E-state index contributed by atoms with van der Waals surface area (Å²) < 4.78 is 5.72. The number of aryl methyl sites for hydroxylation is 1. The molecular formula is C17H30N2O. The van der Waals surface area contributed by atoms with Crippen LogP contribution in [0.5, 0.6) is 0 Å². The van der Waals surface area contributed by atoms with Gasteiger partial charge in [-0.15, -0.1) is 0 Å². The van der Waals surface area contributed by atoms with Crippen LogP contribution in [-0.2, 0) is 0 Å². The first-order chi connectivity index (χ1) is 9.43. The molecule has 114 valence electrons. The molecule has 0 spiro atoms. The monoisotopic (exact) mass is 278 g/mol. The zero-order chi connectivity index (χ0) is 14.8. The lowest BCUT2D eigenvalue weighted by molar-refractivity contribution is 0.0720. The number of rotatable bonds is 5. The zero-order valence-corrected chi connectivity index (χ0v) is 13.7. The number of likely N-dealkylation sites (N-methyl/N-ethyl adjacent to an activating group) is 1. The van der Waals surface area contributed by atoms with Gasteiger partial charge in [-0.3, -0.25) is 0 Å². The quantitative estimate of drug-likeness (QED) is 0.889. The van der Waals surface area contributed by atoms with Gasteiger partial charge in [-0.2, -0.15) is 0 Å². The summed E-state index contributed by atoms with van der Waals surface area (Å²) in [5, 5.41) is 3.69. The van der Waals surface area contributed by atoms with Gasteiger partial charge in [0, 0.05) is 12.1 Å². The van der Waals surface area contributed by atoms with Crippen LogP contribution in [0.1, 0.15) is 57.1 Å². The van der Waals surface area contributed by atoms with Gasteiger partial charge in [0.05, 0.1) is 6.04 Å². The Kier molecular flexibility index (Phi) is 4.92. The fourth-order valence-electron chi connectivity index (χ4n) is 3.49. The van der Waals surface area contributed by atoms with Gasteiger partial charge in [-0.25, -0.2) is 0 Å². The minimum absolute atomic E-state index is 0.276. The third-order valence-corrected chi connectivity index (χ3v) is 4.94. The van der Waals surface area contributed by atoms with E-state index in [1.165, 1.54) is 25.7 Å². The van der Waals surface area contributed by atoms with Gasteiger partial charge in [0.1, 0.15) is 11.5 Å². The van der Waals surface area contributed by atoms with Crippen LogP contribution in [0.2, 0.25) is 0 Å². The van der Waals surface area contributed by atoms with Crippen molar-refractivity contribution < 1.29 is 4.42 Å². The van der Waals surface area contributed by atoms with Crippen LogP contribution in [0.15, 0.2) is 16.5 Å². The molecule has 0 aliphatic heterocycles. The molecule has 3 nitrogen and oxygen atoms in total. The minimum Gasteiger partial charge on any atom is -0.465 e. The second-order valence-corrected chi connectivity index (χ2v) is 6.87. The average Bonchev–Trinajstić information content (AvgIpc) is 2.82. The highest BCUT2D eigenvalue weighted by atomic mass is 16.3. The topological polar surface area (TPSA) is 28.4 Å². The molecule has 0 bridgehead atoms. The Balaban J connectivity index is 1.98. The number of hydrogen-bond donors (Lipinski definition) is 1. The molecular weight excluding hydrogens is 248 g/mol. The van der Waals surface area contributed by atoms with Crippen molar-refractivity contribution in [1.29, 1.82) is 0 Å². The van der Waals surface area contributed by atoms with Gasteiger partial charge >= 0.3 is 0 Å². The van der Waals surface area contributed by atoms with Crippen molar-refractivity contribution >= 4 is 0 Å². The van der Waals surface area contributed by atoms with Crippen molar-refractivity contribution in [2.45, 2.75) is 58.0 Å². The first-order valence-electron chi connectivity index (χ1n) is 7.90. The number of nitrogens with zero attached hydrogens (tertiary/aromatic N) is 1. The van der Waals surface area contributed by atoms with Gasteiger partial charge in [0.15, 0.2) is 0 Å². The van der Waals surface area contributed by atoms with Crippen LogP contribution < -0.4 is 5.32 Å². The summed E-state index contributed by atoms with van der Waals surface area (Å²) in [7, 11) is 4.45. The van der Waals surface area contributed by atoms with Crippen molar-refractivity contribution in [3.05, 3.63) is 23.7 Å². The predicted molar refractivity (Wildman–Crippen MR) is 83.9 cm³/mol. The summed E-state index contributed by atoms with van der Waals surface area (Å²) >= 11 is 0. The van der Waals surface area contributed by atoms with E-state index in [-0.39, 0.29) is 6.04 Å². The summed E-state index contributed by atoms with van der Waals surface area (Å²) in [6.45, 7) is 7.61. The summed E-state index contributed by atoms with van der Waals surface area (Å²) in [6, 6.07) is 4.40. The molecule has 1 aliphatic carbocycles. The fraction of sp³-hybridized carbons (Fsp3) is 0.765. The molecule has 1 aromatic heterocycles. The molecule has 0 saturated heterocycles.